The molecule has 1 amide bonds. The minimum Gasteiger partial charge on any atom is -0.267 e. The number of nitrogens with zero attached hydrogens (tertiary/aromatic N) is 1. The average Bonchev–Trinajstić information content (AvgIpc) is 2.83. The lowest BCUT2D eigenvalue weighted by molar-refractivity contribution is 0.0954. The van der Waals surface area contributed by atoms with Gasteiger partial charge >= 0.3 is 0 Å². The van der Waals surface area contributed by atoms with Gasteiger partial charge in [0.05, 0.1) is 0 Å². The highest BCUT2D eigenvalue weighted by molar-refractivity contribution is 5.96. The van der Waals surface area contributed by atoms with E-state index in [2.05, 4.69) is 17.5 Å². The Balaban J connectivity index is 2.02. The fourth-order valence-electron chi connectivity index (χ4n) is 2.46. The molecule has 1 atom stereocenters. The van der Waals surface area contributed by atoms with Crippen molar-refractivity contribution in [1.29, 1.82) is 0 Å². The van der Waals surface area contributed by atoms with Crippen molar-refractivity contribution in [3.05, 3.63) is 35.4 Å². The van der Waals surface area contributed by atoms with Crippen LogP contribution in [0.25, 0.3) is 0 Å². The van der Waals surface area contributed by atoms with Crippen molar-refractivity contribution in [2.24, 2.45) is 11.0 Å². The molecule has 1 saturated carbocycles. The van der Waals surface area contributed by atoms with Crippen LogP contribution >= 0.6 is 0 Å². The summed E-state index contributed by atoms with van der Waals surface area (Å²) in [5.41, 5.74) is 5.59. The summed E-state index contributed by atoms with van der Waals surface area (Å²) in [6, 6.07) is 7.56. The fourth-order valence-corrected chi connectivity index (χ4v) is 2.46. The smallest absolute Gasteiger partial charge is 0.267 e. The van der Waals surface area contributed by atoms with Crippen LogP contribution in [0.4, 0.5) is 0 Å². The first-order valence-corrected chi connectivity index (χ1v) is 6.64. The second kappa shape index (κ2) is 5.80. The van der Waals surface area contributed by atoms with Gasteiger partial charge in [0.25, 0.3) is 5.91 Å². The predicted octanol–water partition coefficient (Wildman–Crippen LogP) is 3.29. The van der Waals surface area contributed by atoms with Crippen LogP contribution in [-0.4, -0.2) is 11.6 Å². The molecule has 1 aliphatic rings. The summed E-state index contributed by atoms with van der Waals surface area (Å²) in [7, 11) is 0. The van der Waals surface area contributed by atoms with E-state index in [4.69, 9.17) is 0 Å². The lowest BCUT2D eigenvalue weighted by Gasteiger charge is -2.07. The van der Waals surface area contributed by atoms with E-state index in [0.717, 1.165) is 24.1 Å². The zero-order chi connectivity index (χ0) is 13.0. The fraction of sp³-hybridized carbons (Fsp3) is 0.467. The maximum absolute atomic E-state index is 11.9. The van der Waals surface area contributed by atoms with Crippen LogP contribution in [0.3, 0.4) is 0 Å². The molecule has 1 aliphatic carbocycles. The molecule has 0 saturated heterocycles. The van der Waals surface area contributed by atoms with Crippen molar-refractivity contribution >= 4 is 11.6 Å². The molecular formula is C15H20N2O. The van der Waals surface area contributed by atoms with Gasteiger partial charge in [0.2, 0.25) is 0 Å². The Morgan fingerprint density at radius 3 is 3.06 bits per heavy atom. The molecule has 1 aromatic rings. The average molecular weight is 244 g/mol. The molecule has 3 nitrogen and oxygen atoms in total. The van der Waals surface area contributed by atoms with Gasteiger partial charge in [0.1, 0.15) is 0 Å². The molecule has 0 radical (unpaired) electrons. The maximum Gasteiger partial charge on any atom is 0.271 e. The molecule has 0 aromatic heterocycles. The zero-order valence-electron chi connectivity index (χ0n) is 11.1. The van der Waals surface area contributed by atoms with E-state index in [0.29, 0.717) is 11.5 Å². The molecule has 1 N–H and O–H groups in total. The zero-order valence-corrected chi connectivity index (χ0v) is 11.1. The SMILES string of the molecule is CCC1CCC/C1=N\NC(=O)c1cccc(C)c1. The van der Waals surface area contributed by atoms with Crippen molar-refractivity contribution < 1.29 is 4.79 Å². The first-order valence-electron chi connectivity index (χ1n) is 6.64. The third-order valence-corrected chi connectivity index (χ3v) is 3.53. The number of carbonyl (C=O) groups excluding carboxylic acids is 1. The Labute approximate surface area is 108 Å². The maximum atomic E-state index is 11.9. The van der Waals surface area contributed by atoms with Crippen LogP contribution in [-0.2, 0) is 0 Å². The number of amides is 1. The normalized spacial score (nSPS) is 21.2. The molecule has 0 heterocycles. The van der Waals surface area contributed by atoms with Crippen LogP contribution in [0.5, 0.6) is 0 Å². The number of hydrogen-bond acceptors (Lipinski definition) is 2. The number of hydrogen-bond donors (Lipinski definition) is 1. The molecule has 3 heteroatoms. The summed E-state index contributed by atoms with van der Waals surface area (Å²) in [5, 5.41) is 4.30. The van der Waals surface area contributed by atoms with E-state index in [1.165, 1.54) is 12.8 Å². The second-order valence-electron chi connectivity index (χ2n) is 4.91. The lowest BCUT2D eigenvalue weighted by Crippen LogP contribution is -2.21. The molecule has 0 spiro atoms. The molecule has 1 unspecified atom stereocenters. The summed E-state index contributed by atoms with van der Waals surface area (Å²) in [5.74, 6) is 0.441. The predicted molar refractivity (Wildman–Crippen MR) is 73.7 cm³/mol. The largest absolute Gasteiger partial charge is 0.271 e. The lowest BCUT2D eigenvalue weighted by atomic mass is 10.0. The van der Waals surface area contributed by atoms with Crippen molar-refractivity contribution in [1.82, 2.24) is 5.43 Å². The highest BCUT2D eigenvalue weighted by Gasteiger charge is 2.21. The first-order chi connectivity index (χ1) is 8.70. The topological polar surface area (TPSA) is 41.5 Å². The van der Waals surface area contributed by atoms with Crippen molar-refractivity contribution in [2.75, 3.05) is 0 Å². The van der Waals surface area contributed by atoms with E-state index >= 15 is 0 Å². The van der Waals surface area contributed by atoms with Crippen LogP contribution in [0.2, 0.25) is 0 Å². The van der Waals surface area contributed by atoms with Crippen LogP contribution < -0.4 is 5.43 Å². The van der Waals surface area contributed by atoms with E-state index in [-0.39, 0.29) is 5.91 Å². The Hall–Kier alpha value is -1.64. The third kappa shape index (κ3) is 2.97. The number of hydrazone groups is 1. The third-order valence-electron chi connectivity index (χ3n) is 3.53. The number of rotatable bonds is 3. The van der Waals surface area contributed by atoms with Crippen LogP contribution in [0, 0.1) is 12.8 Å². The number of carbonyl (C=O) groups is 1. The van der Waals surface area contributed by atoms with E-state index in [1.54, 1.807) is 0 Å². The van der Waals surface area contributed by atoms with Crippen molar-refractivity contribution in [2.45, 2.75) is 39.5 Å². The Morgan fingerprint density at radius 2 is 2.33 bits per heavy atom. The molecule has 1 aromatic carbocycles. The minimum atomic E-state index is -0.118. The quantitative estimate of drug-likeness (QED) is 0.814. The molecule has 18 heavy (non-hydrogen) atoms. The molecule has 96 valence electrons. The van der Waals surface area contributed by atoms with Gasteiger partial charge in [0.15, 0.2) is 0 Å². The summed E-state index contributed by atoms with van der Waals surface area (Å²) < 4.78 is 0. The van der Waals surface area contributed by atoms with Crippen LogP contribution in [0.15, 0.2) is 29.4 Å². The van der Waals surface area contributed by atoms with Crippen molar-refractivity contribution in [3.63, 3.8) is 0 Å². The number of nitrogens with one attached hydrogen (secondary N) is 1. The Bertz CT molecular complexity index is 465. The summed E-state index contributed by atoms with van der Waals surface area (Å²) in [6.45, 7) is 4.15. The number of aryl methyl sites for hydroxylation is 1. The van der Waals surface area contributed by atoms with Crippen LogP contribution in [0.1, 0.15) is 48.5 Å². The van der Waals surface area contributed by atoms with Gasteiger partial charge in [-0.25, -0.2) is 5.43 Å². The van der Waals surface area contributed by atoms with Gasteiger partial charge in [-0.05, 0) is 50.7 Å². The molecule has 0 aliphatic heterocycles. The van der Waals surface area contributed by atoms with Gasteiger partial charge in [-0.1, -0.05) is 24.6 Å². The molecule has 0 bridgehead atoms. The first kappa shape index (κ1) is 12.8. The molecule has 2 rings (SSSR count). The molecular weight excluding hydrogens is 224 g/mol. The Kier molecular flexibility index (Phi) is 4.13. The highest BCUT2D eigenvalue weighted by atomic mass is 16.2. The van der Waals surface area contributed by atoms with E-state index in [1.807, 2.05) is 31.2 Å². The van der Waals surface area contributed by atoms with E-state index < -0.39 is 0 Å². The van der Waals surface area contributed by atoms with Gasteiger partial charge in [0, 0.05) is 11.3 Å². The van der Waals surface area contributed by atoms with Gasteiger partial charge < -0.3 is 0 Å². The standard InChI is InChI=1S/C15H20N2O/c1-3-12-7-5-9-14(12)16-17-15(18)13-8-4-6-11(2)10-13/h4,6,8,10,12H,3,5,7,9H2,1-2H3,(H,17,18)/b16-14+. The van der Waals surface area contributed by atoms with Gasteiger partial charge in [-0.15, -0.1) is 0 Å². The number of benzene rings is 1. The second-order valence-corrected chi connectivity index (χ2v) is 4.91. The van der Waals surface area contributed by atoms with E-state index in [9.17, 15) is 4.79 Å². The highest BCUT2D eigenvalue weighted by Crippen LogP contribution is 2.24. The molecule has 1 fully saturated rings. The Morgan fingerprint density at radius 1 is 1.50 bits per heavy atom. The van der Waals surface area contributed by atoms with Gasteiger partial charge in [-0.3, -0.25) is 4.79 Å². The van der Waals surface area contributed by atoms with Crippen molar-refractivity contribution in [3.8, 4) is 0 Å². The summed E-state index contributed by atoms with van der Waals surface area (Å²) in [6.07, 6.45) is 4.53. The summed E-state index contributed by atoms with van der Waals surface area (Å²) in [4.78, 5) is 11.9. The summed E-state index contributed by atoms with van der Waals surface area (Å²) >= 11 is 0. The minimum absolute atomic E-state index is 0.118. The van der Waals surface area contributed by atoms with Gasteiger partial charge in [-0.2, -0.15) is 5.10 Å². The monoisotopic (exact) mass is 244 g/mol.